The van der Waals surface area contributed by atoms with Crippen LogP contribution < -0.4 is 5.32 Å². The van der Waals surface area contributed by atoms with E-state index < -0.39 is 0 Å². The Kier molecular flexibility index (Phi) is 3.74. The van der Waals surface area contributed by atoms with Crippen molar-refractivity contribution in [1.29, 1.82) is 0 Å². The summed E-state index contributed by atoms with van der Waals surface area (Å²) < 4.78 is 13.6. The number of aryl methyl sites for hydroxylation is 3. The molecule has 0 aromatic heterocycles. The maximum Gasteiger partial charge on any atom is 0.146 e. The minimum atomic E-state index is -0.252. The second-order valence-corrected chi connectivity index (χ2v) is 4.92. The second kappa shape index (κ2) is 5.31. The molecule has 0 bridgehead atoms. The Morgan fingerprint density at radius 2 is 1.68 bits per heavy atom. The van der Waals surface area contributed by atoms with Crippen molar-refractivity contribution in [3.8, 4) is 5.75 Å². The lowest BCUT2D eigenvalue weighted by atomic mass is 10.1. The first kappa shape index (κ1) is 13.4. The highest BCUT2D eigenvalue weighted by Crippen LogP contribution is 2.24. The zero-order valence-corrected chi connectivity index (χ0v) is 11.4. The molecular formula is C16H18FNO. The predicted molar refractivity (Wildman–Crippen MR) is 76.0 cm³/mol. The molecule has 0 atom stereocenters. The monoisotopic (exact) mass is 259 g/mol. The molecule has 0 unspecified atom stereocenters. The molecule has 0 radical (unpaired) electrons. The van der Waals surface area contributed by atoms with Crippen LogP contribution in [0.4, 0.5) is 10.1 Å². The summed E-state index contributed by atoms with van der Waals surface area (Å²) in [5.74, 6) is 0.0725. The molecule has 0 spiro atoms. The summed E-state index contributed by atoms with van der Waals surface area (Å²) in [5.41, 5.74) is 4.21. The van der Waals surface area contributed by atoms with E-state index in [0.717, 1.165) is 22.3 Å². The van der Waals surface area contributed by atoms with Crippen molar-refractivity contribution in [2.75, 3.05) is 5.32 Å². The van der Waals surface area contributed by atoms with Crippen LogP contribution in [0.3, 0.4) is 0 Å². The van der Waals surface area contributed by atoms with Gasteiger partial charge in [0.05, 0.1) is 5.69 Å². The first-order chi connectivity index (χ1) is 8.97. The highest BCUT2D eigenvalue weighted by atomic mass is 19.1. The van der Waals surface area contributed by atoms with E-state index in [9.17, 15) is 9.50 Å². The molecule has 0 aliphatic heterocycles. The molecule has 0 fully saturated rings. The summed E-state index contributed by atoms with van der Waals surface area (Å²) in [6.07, 6.45) is 0. The molecule has 0 saturated carbocycles. The first-order valence-electron chi connectivity index (χ1n) is 6.26. The summed E-state index contributed by atoms with van der Waals surface area (Å²) in [5, 5.41) is 12.8. The molecule has 0 aliphatic carbocycles. The SMILES string of the molecule is Cc1ccc(F)c(NCc2cc(C)c(O)c(C)c2)c1. The van der Waals surface area contributed by atoms with Crippen molar-refractivity contribution in [1.82, 2.24) is 0 Å². The van der Waals surface area contributed by atoms with Gasteiger partial charge in [0.1, 0.15) is 11.6 Å². The number of aromatic hydroxyl groups is 1. The van der Waals surface area contributed by atoms with Crippen LogP contribution in [0.1, 0.15) is 22.3 Å². The molecule has 0 heterocycles. The van der Waals surface area contributed by atoms with E-state index >= 15 is 0 Å². The van der Waals surface area contributed by atoms with Crippen molar-refractivity contribution >= 4 is 5.69 Å². The van der Waals surface area contributed by atoms with E-state index in [-0.39, 0.29) is 5.82 Å². The van der Waals surface area contributed by atoms with Gasteiger partial charge in [0.2, 0.25) is 0 Å². The van der Waals surface area contributed by atoms with Crippen molar-refractivity contribution in [2.24, 2.45) is 0 Å². The van der Waals surface area contributed by atoms with Crippen LogP contribution in [-0.2, 0) is 6.54 Å². The molecule has 2 rings (SSSR count). The molecular weight excluding hydrogens is 241 g/mol. The Morgan fingerprint density at radius 3 is 2.32 bits per heavy atom. The number of anilines is 1. The Hall–Kier alpha value is -2.03. The van der Waals surface area contributed by atoms with E-state index in [0.29, 0.717) is 18.0 Å². The number of rotatable bonds is 3. The van der Waals surface area contributed by atoms with Crippen LogP contribution in [-0.4, -0.2) is 5.11 Å². The number of halogens is 1. The van der Waals surface area contributed by atoms with Crippen molar-refractivity contribution in [2.45, 2.75) is 27.3 Å². The largest absolute Gasteiger partial charge is 0.507 e. The lowest BCUT2D eigenvalue weighted by Gasteiger charge is -2.11. The van der Waals surface area contributed by atoms with Gasteiger partial charge in [-0.3, -0.25) is 0 Å². The summed E-state index contributed by atoms with van der Waals surface area (Å²) in [6, 6.07) is 8.81. The molecule has 100 valence electrons. The third kappa shape index (κ3) is 3.05. The molecule has 3 heteroatoms. The van der Waals surface area contributed by atoms with Gasteiger partial charge in [-0.15, -0.1) is 0 Å². The van der Waals surface area contributed by atoms with Crippen LogP contribution in [0.5, 0.6) is 5.75 Å². The summed E-state index contributed by atoms with van der Waals surface area (Å²) >= 11 is 0. The van der Waals surface area contributed by atoms with Crippen molar-refractivity contribution in [3.05, 3.63) is 58.4 Å². The zero-order valence-electron chi connectivity index (χ0n) is 11.4. The molecule has 0 amide bonds. The Labute approximate surface area is 112 Å². The van der Waals surface area contributed by atoms with Gasteiger partial charge in [-0.1, -0.05) is 18.2 Å². The fourth-order valence-corrected chi connectivity index (χ4v) is 2.12. The van der Waals surface area contributed by atoms with Gasteiger partial charge in [-0.05, 0) is 55.2 Å². The molecule has 19 heavy (non-hydrogen) atoms. The lowest BCUT2D eigenvalue weighted by Crippen LogP contribution is -2.02. The summed E-state index contributed by atoms with van der Waals surface area (Å²) in [7, 11) is 0. The summed E-state index contributed by atoms with van der Waals surface area (Å²) in [4.78, 5) is 0. The Balaban J connectivity index is 2.17. The molecule has 2 aromatic rings. The van der Waals surface area contributed by atoms with Gasteiger partial charge >= 0.3 is 0 Å². The van der Waals surface area contributed by atoms with E-state index in [1.54, 1.807) is 12.1 Å². The standard InChI is InChI=1S/C16H18FNO/c1-10-4-5-14(17)15(6-10)18-9-13-7-11(2)16(19)12(3)8-13/h4-8,18-19H,9H2,1-3H3. The maximum atomic E-state index is 13.6. The normalized spacial score (nSPS) is 10.5. The quantitative estimate of drug-likeness (QED) is 0.871. The minimum absolute atomic E-state index is 0.252. The fourth-order valence-electron chi connectivity index (χ4n) is 2.12. The number of nitrogens with one attached hydrogen (secondary N) is 1. The number of phenols is 1. The number of hydrogen-bond acceptors (Lipinski definition) is 2. The zero-order chi connectivity index (χ0) is 14.0. The van der Waals surface area contributed by atoms with Crippen LogP contribution in [0, 0.1) is 26.6 Å². The molecule has 2 N–H and O–H groups in total. The molecule has 0 aliphatic rings. The van der Waals surface area contributed by atoms with E-state index in [1.165, 1.54) is 6.07 Å². The van der Waals surface area contributed by atoms with Crippen LogP contribution in [0.15, 0.2) is 30.3 Å². The lowest BCUT2D eigenvalue weighted by molar-refractivity contribution is 0.466. The van der Waals surface area contributed by atoms with E-state index in [2.05, 4.69) is 5.32 Å². The van der Waals surface area contributed by atoms with Gasteiger partial charge in [0.25, 0.3) is 0 Å². The second-order valence-electron chi connectivity index (χ2n) is 4.92. The minimum Gasteiger partial charge on any atom is -0.507 e. The number of phenolic OH excluding ortho intramolecular Hbond substituents is 1. The highest BCUT2D eigenvalue weighted by Gasteiger charge is 2.05. The number of benzene rings is 2. The molecule has 2 aromatic carbocycles. The van der Waals surface area contributed by atoms with Crippen molar-refractivity contribution < 1.29 is 9.50 Å². The Bertz CT molecular complexity index is 585. The van der Waals surface area contributed by atoms with Gasteiger partial charge in [0.15, 0.2) is 0 Å². The third-order valence-corrected chi connectivity index (χ3v) is 3.16. The van der Waals surface area contributed by atoms with E-state index in [1.807, 2.05) is 32.9 Å². The molecule has 0 saturated heterocycles. The van der Waals surface area contributed by atoms with Gasteiger partial charge < -0.3 is 10.4 Å². The fraction of sp³-hybridized carbons (Fsp3) is 0.250. The van der Waals surface area contributed by atoms with Crippen LogP contribution in [0.25, 0.3) is 0 Å². The average molecular weight is 259 g/mol. The van der Waals surface area contributed by atoms with Crippen LogP contribution >= 0.6 is 0 Å². The topological polar surface area (TPSA) is 32.3 Å². The first-order valence-corrected chi connectivity index (χ1v) is 6.26. The number of hydrogen-bond donors (Lipinski definition) is 2. The molecule has 2 nitrogen and oxygen atoms in total. The van der Waals surface area contributed by atoms with Gasteiger partial charge in [-0.2, -0.15) is 0 Å². The Morgan fingerprint density at radius 1 is 1.05 bits per heavy atom. The van der Waals surface area contributed by atoms with Gasteiger partial charge in [0, 0.05) is 6.54 Å². The maximum absolute atomic E-state index is 13.6. The average Bonchev–Trinajstić information content (AvgIpc) is 2.37. The third-order valence-electron chi connectivity index (χ3n) is 3.16. The van der Waals surface area contributed by atoms with Gasteiger partial charge in [-0.25, -0.2) is 4.39 Å². The highest BCUT2D eigenvalue weighted by molar-refractivity contribution is 5.49. The van der Waals surface area contributed by atoms with Crippen molar-refractivity contribution in [3.63, 3.8) is 0 Å². The predicted octanol–water partition coefficient (Wildman–Crippen LogP) is 4.07. The smallest absolute Gasteiger partial charge is 0.146 e. The summed E-state index contributed by atoms with van der Waals surface area (Å²) in [6.45, 7) is 6.18. The van der Waals surface area contributed by atoms with E-state index in [4.69, 9.17) is 0 Å². The van der Waals surface area contributed by atoms with Crippen LogP contribution in [0.2, 0.25) is 0 Å².